The zero-order valence-electron chi connectivity index (χ0n) is 7.26. The number of ether oxygens (including phenoxy) is 1. The largest absolute Gasteiger partial charge is 0.381 e. The van der Waals surface area contributed by atoms with E-state index in [-0.39, 0.29) is 11.7 Å². The molecule has 2 heterocycles. The van der Waals surface area contributed by atoms with Crippen LogP contribution in [0.3, 0.4) is 0 Å². The number of hydrogen-bond acceptors (Lipinski definition) is 3. The minimum atomic E-state index is 0.0246. The van der Waals surface area contributed by atoms with Gasteiger partial charge in [0.15, 0.2) is 5.78 Å². The molecule has 0 N–H and O–H groups in total. The van der Waals surface area contributed by atoms with Crippen LogP contribution in [-0.4, -0.2) is 19.0 Å². The maximum Gasteiger partial charge on any atom is 0.178 e. The Hall–Kier alpha value is 0.1000. The van der Waals surface area contributed by atoms with Gasteiger partial charge in [-0.1, -0.05) is 11.6 Å². The van der Waals surface area contributed by atoms with E-state index in [9.17, 15) is 4.79 Å². The van der Waals surface area contributed by atoms with Crippen LogP contribution in [0.2, 0.25) is 4.34 Å². The Labute approximate surface area is 99.3 Å². The number of carbonyl (C=O) groups is 1. The smallest absolute Gasteiger partial charge is 0.178 e. The zero-order valence-corrected chi connectivity index (χ0v) is 10.4. The molecule has 1 atom stereocenters. The van der Waals surface area contributed by atoms with Gasteiger partial charge in [0.05, 0.1) is 11.5 Å². The molecule has 1 aromatic heterocycles. The summed E-state index contributed by atoms with van der Waals surface area (Å²) in [6.07, 6.45) is 0.825. The average molecular weight is 296 g/mol. The van der Waals surface area contributed by atoms with Gasteiger partial charge in [-0.2, -0.15) is 0 Å². The molecular weight excluding hydrogens is 288 g/mol. The Morgan fingerprint density at radius 3 is 3.00 bits per heavy atom. The van der Waals surface area contributed by atoms with E-state index >= 15 is 0 Å². The van der Waals surface area contributed by atoms with Crippen molar-refractivity contribution in [3.63, 3.8) is 0 Å². The van der Waals surface area contributed by atoms with Crippen LogP contribution in [0.4, 0.5) is 0 Å². The van der Waals surface area contributed by atoms with Gasteiger partial charge in [-0.15, -0.1) is 11.3 Å². The van der Waals surface area contributed by atoms with Crippen molar-refractivity contribution in [2.75, 3.05) is 13.2 Å². The van der Waals surface area contributed by atoms with Crippen molar-refractivity contribution < 1.29 is 9.53 Å². The molecule has 2 nitrogen and oxygen atoms in total. The first-order valence-corrected chi connectivity index (χ1v) is 6.24. The Morgan fingerprint density at radius 2 is 2.50 bits per heavy atom. The topological polar surface area (TPSA) is 26.3 Å². The first-order valence-electron chi connectivity index (χ1n) is 4.25. The molecule has 0 radical (unpaired) electrons. The molecule has 14 heavy (non-hydrogen) atoms. The second kappa shape index (κ2) is 4.31. The number of ketones is 1. The standard InChI is InChI=1S/C9H8BrClO2S/c10-6-3-7(14-9(6)11)8(12)5-1-2-13-4-5/h3,5H,1-2,4H2. The van der Waals surface area contributed by atoms with Gasteiger partial charge in [0.2, 0.25) is 0 Å². The predicted molar refractivity (Wildman–Crippen MR) is 60.3 cm³/mol. The van der Waals surface area contributed by atoms with Crippen molar-refractivity contribution in [2.24, 2.45) is 5.92 Å². The van der Waals surface area contributed by atoms with Crippen LogP contribution >= 0.6 is 38.9 Å². The van der Waals surface area contributed by atoms with Crippen LogP contribution < -0.4 is 0 Å². The molecule has 5 heteroatoms. The molecule has 0 aliphatic carbocycles. The highest BCUT2D eigenvalue weighted by Crippen LogP contribution is 2.34. The highest BCUT2D eigenvalue weighted by molar-refractivity contribution is 9.10. The lowest BCUT2D eigenvalue weighted by molar-refractivity contribution is 0.0904. The minimum absolute atomic E-state index is 0.0246. The number of rotatable bonds is 2. The van der Waals surface area contributed by atoms with E-state index in [2.05, 4.69) is 15.9 Å². The normalized spacial score (nSPS) is 21.4. The van der Waals surface area contributed by atoms with Crippen molar-refractivity contribution >= 4 is 44.7 Å². The Balaban J connectivity index is 2.18. The molecule has 0 spiro atoms. The van der Waals surface area contributed by atoms with E-state index in [1.165, 1.54) is 11.3 Å². The van der Waals surface area contributed by atoms with E-state index < -0.39 is 0 Å². The van der Waals surface area contributed by atoms with E-state index in [0.29, 0.717) is 17.6 Å². The molecule has 2 rings (SSSR count). The number of thiophene rings is 1. The third kappa shape index (κ3) is 2.03. The maximum absolute atomic E-state index is 11.9. The summed E-state index contributed by atoms with van der Waals surface area (Å²) in [5.41, 5.74) is 0. The SMILES string of the molecule is O=C(c1cc(Br)c(Cl)s1)C1CCOC1. The van der Waals surface area contributed by atoms with Crippen molar-refractivity contribution in [3.05, 3.63) is 19.8 Å². The van der Waals surface area contributed by atoms with Gasteiger partial charge >= 0.3 is 0 Å². The molecular formula is C9H8BrClO2S. The molecule has 0 aromatic carbocycles. The number of halogens is 2. The number of carbonyl (C=O) groups excluding carboxylic acids is 1. The lowest BCUT2D eigenvalue weighted by Crippen LogP contribution is -2.12. The van der Waals surface area contributed by atoms with E-state index in [1.807, 2.05) is 0 Å². The van der Waals surface area contributed by atoms with Crippen LogP contribution in [0.15, 0.2) is 10.5 Å². The monoisotopic (exact) mass is 294 g/mol. The summed E-state index contributed by atoms with van der Waals surface area (Å²) in [6, 6.07) is 1.79. The molecule has 0 bridgehead atoms. The summed E-state index contributed by atoms with van der Waals surface area (Å²) >= 11 is 10.5. The lowest BCUT2D eigenvalue weighted by atomic mass is 10.0. The van der Waals surface area contributed by atoms with Gasteiger partial charge in [-0.3, -0.25) is 4.79 Å². The Morgan fingerprint density at radius 1 is 1.71 bits per heavy atom. The summed E-state index contributed by atoms with van der Waals surface area (Å²) in [7, 11) is 0. The quantitative estimate of drug-likeness (QED) is 0.782. The maximum atomic E-state index is 11.9. The third-order valence-electron chi connectivity index (χ3n) is 2.19. The van der Waals surface area contributed by atoms with Crippen LogP contribution in [0.25, 0.3) is 0 Å². The Bertz CT molecular complexity index is 338. The molecule has 0 amide bonds. The second-order valence-electron chi connectivity index (χ2n) is 3.16. The minimum Gasteiger partial charge on any atom is -0.381 e. The lowest BCUT2D eigenvalue weighted by Gasteiger charge is -2.02. The van der Waals surface area contributed by atoms with Gasteiger partial charge in [-0.05, 0) is 28.4 Å². The van der Waals surface area contributed by atoms with Gasteiger partial charge < -0.3 is 4.74 Å². The highest BCUT2D eigenvalue weighted by atomic mass is 79.9. The molecule has 1 aliphatic heterocycles. The van der Waals surface area contributed by atoms with E-state index in [4.69, 9.17) is 16.3 Å². The second-order valence-corrected chi connectivity index (χ2v) is 5.67. The molecule has 1 saturated heterocycles. The van der Waals surface area contributed by atoms with Crippen LogP contribution in [0.1, 0.15) is 16.1 Å². The predicted octanol–water partition coefficient (Wildman–Crippen LogP) is 3.38. The number of hydrogen-bond donors (Lipinski definition) is 0. The Kier molecular flexibility index (Phi) is 3.27. The fourth-order valence-electron chi connectivity index (χ4n) is 1.41. The highest BCUT2D eigenvalue weighted by Gasteiger charge is 2.26. The molecule has 1 aromatic rings. The third-order valence-corrected chi connectivity index (χ3v) is 4.68. The molecule has 1 fully saturated rings. The van der Waals surface area contributed by atoms with Crippen molar-refractivity contribution in [1.29, 1.82) is 0 Å². The van der Waals surface area contributed by atoms with E-state index in [0.717, 1.165) is 15.8 Å². The first-order chi connectivity index (χ1) is 6.68. The summed E-state index contributed by atoms with van der Waals surface area (Å²) in [6.45, 7) is 1.24. The van der Waals surface area contributed by atoms with Crippen molar-refractivity contribution in [3.8, 4) is 0 Å². The van der Waals surface area contributed by atoms with Crippen LogP contribution in [0, 0.1) is 5.92 Å². The van der Waals surface area contributed by atoms with Gasteiger partial charge in [-0.25, -0.2) is 0 Å². The molecule has 1 unspecified atom stereocenters. The summed E-state index contributed by atoms with van der Waals surface area (Å²) < 4.78 is 6.61. The summed E-state index contributed by atoms with van der Waals surface area (Å²) in [5.74, 6) is 0.178. The molecule has 76 valence electrons. The van der Waals surface area contributed by atoms with Gasteiger partial charge in [0.1, 0.15) is 4.34 Å². The molecule has 0 saturated carbocycles. The fourth-order valence-corrected chi connectivity index (χ4v) is 3.13. The van der Waals surface area contributed by atoms with Crippen molar-refractivity contribution in [1.82, 2.24) is 0 Å². The van der Waals surface area contributed by atoms with E-state index in [1.54, 1.807) is 6.07 Å². The zero-order chi connectivity index (χ0) is 10.1. The van der Waals surface area contributed by atoms with Gasteiger partial charge in [0.25, 0.3) is 0 Å². The molecule has 1 aliphatic rings. The average Bonchev–Trinajstić information content (AvgIpc) is 2.76. The first kappa shape index (κ1) is 10.6. The number of Topliss-reactive ketones (excluding diaryl/α,β-unsaturated/α-hetero) is 1. The van der Waals surface area contributed by atoms with Crippen LogP contribution in [-0.2, 0) is 4.74 Å². The van der Waals surface area contributed by atoms with Crippen molar-refractivity contribution in [2.45, 2.75) is 6.42 Å². The van der Waals surface area contributed by atoms with Crippen LogP contribution in [0.5, 0.6) is 0 Å². The fraction of sp³-hybridized carbons (Fsp3) is 0.444. The van der Waals surface area contributed by atoms with Gasteiger partial charge in [0, 0.05) is 17.0 Å². The summed E-state index contributed by atoms with van der Waals surface area (Å²) in [5, 5.41) is 0. The summed E-state index contributed by atoms with van der Waals surface area (Å²) in [4.78, 5) is 12.6.